The number of nitrogens with zero attached hydrogens (tertiary/aromatic N) is 5. The molecule has 0 bridgehead atoms. The zero-order valence-corrected chi connectivity index (χ0v) is 18.3. The molecular formula is C24H26N6O2. The number of oxazole rings is 1. The highest BCUT2D eigenvalue weighted by Gasteiger charge is 2.22. The summed E-state index contributed by atoms with van der Waals surface area (Å²) in [5.74, 6) is 1.98. The molecule has 1 fully saturated rings. The Labute approximate surface area is 186 Å². The van der Waals surface area contributed by atoms with Crippen LogP contribution in [0.4, 0.5) is 5.82 Å². The van der Waals surface area contributed by atoms with E-state index in [1.165, 1.54) is 12.8 Å². The van der Waals surface area contributed by atoms with E-state index in [0.29, 0.717) is 29.6 Å². The van der Waals surface area contributed by atoms with Crippen LogP contribution in [0.25, 0.3) is 22.4 Å². The molecular weight excluding hydrogens is 404 g/mol. The van der Waals surface area contributed by atoms with Crippen molar-refractivity contribution >= 4 is 22.8 Å². The lowest BCUT2D eigenvalue weighted by Gasteiger charge is -2.22. The Bertz CT molecular complexity index is 1270. The number of aryl methyl sites for hydroxylation is 1. The maximum Gasteiger partial charge on any atom is 0.248 e. The van der Waals surface area contributed by atoms with E-state index in [1.807, 2.05) is 19.2 Å². The van der Waals surface area contributed by atoms with Crippen molar-refractivity contribution in [2.75, 3.05) is 11.4 Å². The number of nitrogens with two attached hydrogens (primary N) is 1. The quantitative estimate of drug-likeness (QED) is 0.499. The van der Waals surface area contributed by atoms with E-state index in [-0.39, 0.29) is 0 Å². The van der Waals surface area contributed by atoms with Crippen molar-refractivity contribution in [1.29, 1.82) is 0 Å². The van der Waals surface area contributed by atoms with Gasteiger partial charge < -0.3 is 19.6 Å². The van der Waals surface area contributed by atoms with Crippen molar-refractivity contribution in [3.63, 3.8) is 0 Å². The van der Waals surface area contributed by atoms with E-state index in [0.717, 1.165) is 41.4 Å². The third-order valence-corrected chi connectivity index (χ3v) is 6.11. The summed E-state index contributed by atoms with van der Waals surface area (Å²) in [6.07, 6.45) is 6.68. The summed E-state index contributed by atoms with van der Waals surface area (Å²) in [5, 5.41) is 0. The van der Waals surface area contributed by atoms with E-state index in [1.54, 1.807) is 18.4 Å². The molecule has 0 saturated carbocycles. The molecule has 3 aromatic heterocycles. The highest BCUT2D eigenvalue weighted by atomic mass is 16.3. The second-order valence-corrected chi connectivity index (χ2v) is 8.27. The van der Waals surface area contributed by atoms with Gasteiger partial charge in [-0.2, -0.15) is 0 Å². The zero-order valence-electron chi connectivity index (χ0n) is 18.3. The van der Waals surface area contributed by atoms with Crippen molar-refractivity contribution < 1.29 is 9.21 Å². The van der Waals surface area contributed by atoms with Crippen LogP contribution in [-0.4, -0.2) is 38.0 Å². The number of imidazole rings is 1. The number of hydrogen-bond acceptors (Lipinski definition) is 6. The fourth-order valence-corrected chi connectivity index (χ4v) is 4.37. The number of anilines is 1. The van der Waals surface area contributed by atoms with E-state index < -0.39 is 5.91 Å². The number of benzene rings is 1. The monoisotopic (exact) mass is 430 g/mol. The molecule has 0 spiro atoms. The minimum atomic E-state index is -0.474. The van der Waals surface area contributed by atoms with E-state index >= 15 is 0 Å². The SMILES string of the molecule is CCc1nc(Cn2c(-c3ccc(N4CCCC4C)nc3)nc3cc(C(N)=O)ccc32)co1. The smallest absolute Gasteiger partial charge is 0.248 e. The molecule has 1 aromatic carbocycles. The molecule has 164 valence electrons. The summed E-state index contributed by atoms with van der Waals surface area (Å²) in [4.78, 5) is 28.1. The molecule has 32 heavy (non-hydrogen) atoms. The molecule has 4 aromatic rings. The Balaban J connectivity index is 1.57. The van der Waals surface area contributed by atoms with Crippen molar-refractivity contribution in [1.82, 2.24) is 19.5 Å². The predicted molar refractivity (Wildman–Crippen MR) is 123 cm³/mol. The van der Waals surface area contributed by atoms with Gasteiger partial charge in [-0.1, -0.05) is 6.92 Å². The predicted octanol–water partition coefficient (Wildman–Crippen LogP) is 3.78. The van der Waals surface area contributed by atoms with Crippen molar-refractivity contribution in [2.45, 2.75) is 45.7 Å². The van der Waals surface area contributed by atoms with Gasteiger partial charge in [0.25, 0.3) is 0 Å². The van der Waals surface area contributed by atoms with E-state index in [9.17, 15) is 4.79 Å². The molecule has 1 atom stereocenters. The minimum absolute atomic E-state index is 0.430. The van der Waals surface area contributed by atoms with Gasteiger partial charge in [-0.05, 0) is 50.1 Å². The highest BCUT2D eigenvalue weighted by Crippen LogP contribution is 2.29. The van der Waals surface area contributed by atoms with Gasteiger partial charge in [0.05, 0.1) is 23.3 Å². The number of carbonyl (C=O) groups excluding carboxylic acids is 1. The Morgan fingerprint density at radius 1 is 1.25 bits per heavy atom. The summed E-state index contributed by atoms with van der Waals surface area (Å²) in [6, 6.07) is 9.95. The normalized spacial score (nSPS) is 16.2. The van der Waals surface area contributed by atoms with Crippen molar-refractivity contribution in [3.05, 3.63) is 59.9 Å². The molecule has 1 unspecified atom stereocenters. The molecule has 8 nitrogen and oxygen atoms in total. The third-order valence-electron chi connectivity index (χ3n) is 6.11. The number of carbonyl (C=O) groups is 1. The summed E-state index contributed by atoms with van der Waals surface area (Å²) >= 11 is 0. The lowest BCUT2D eigenvalue weighted by atomic mass is 10.2. The van der Waals surface area contributed by atoms with Gasteiger partial charge in [-0.3, -0.25) is 4.79 Å². The molecule has 4 heterocycles. The van der Waals surface area contributed by atoms with Gasteiger partial charge in [-0.25, -0.2) is 15.0 Å². The van der Waals surface area contributed by atoms with Crippen molar-refractivity contribution in [3.8, 4) is 11.4 Å². The van der Waals surface area contributed by atoms with Gasteiger partial charge in [0.15, 0.2) is 5.89 Å². The van der Waals surface area contributed by atoms with Crippen molar-refractivity contribution in [2.24, 2.45) is 5.73 Å². The fourth-order valence-electron chi connectivity index (χ4n) is 4.37. The molecule has 1 aliphatic rings. The van der Waals surface area contributed by atoms with Gasteiger partial charge in [0.1, 0.15) is 17.9 Å². The van der Waals surface area contributed by atoms with E-state index in [2.05, 4.69) is 33.5 Å². The standard InChI is InChI=1S/C24H26N6O2/c1-3-22-27-18(14-32-22)13-30-20-8-6-16(23(25)31)11-19(20)28-24(30)17-7-9-21(26-12-17)29-10-4-5-15(29)2/h6-9,11-12,14-15H,3-5,10,13H2,1-2H3,(H2,25,31). The lowest BCUT2D eigenvalue weighted by Crippen LogP contribution is -2.26. The van der Waals surface area contributed by atoms with E-state index in [4.69, 9.17) is 20.1 Å². The first-order valence-corrected chi connectivity index (χ1v) is 11.0. The van der Waals surface area contributed by atoms with Crippen LogP contribution in [0.3, 0.4) is 0 Å². The Morgan fingerprint density at radius 2 is 2.12 bits per heavy atom. The number of primary amides is 1. The molecule has 2 N–H and O–H groups in total. The van der Waals surface area contributed by atoms with Gasteiger partial charge in [-0.15, -0.1) is 0 Å². The first-order chi connectivity index (χ1) is 15.5. The van der Waals surface area contributed by atoms with Crippen LogP contribution in [0.2, 0.25) is 0 Å². The minimum Gasteiger partial charge on any atom is -0.449 e. The van der Waals surface area contributed by atoms with Crippen LogP contribution in [0.15, 0.2) is 47.2 Å². The largest absolute Gasteiger partial charge is 0.449 e. The topological polar surface area (TPSA) is 103 Å². The number of hydrogen-bond donors (Lipinski definition) is 1. The third kappa shape index (κ3) is 3.62. The average Bonchev–Trinajstić information content (AvgIpc) is 3.52. The average molecular weight is 431 g/mol. The Hall–Kier alpha value is -3.68. The number of rotatable bonds is 6. The maximum atomic E-state index is 11.7. The first-order valence-electron chi connectivity index (χ1n) is 11.0. The molecule has 1 aliphatic heterocycles. The number of pyridine rings is 1. The summed E-state index contributed by atoms with van der Waals surface area (Å²) in [7, 11) is 0. The number of aromatic nitrogens is 4. The van der Waals surface area contributed by atoms with Crippen LogP contribution < -0.4 is 10.6 Å². The van der Waals surface area contributed by atoms with Gasteiger partial charge >= 0.3 is 0 Å². The maximum absolute atomic E-state index is 11.7. The fraction of sp³-hybridized carbons (Fsp3) is 0.333. The number of fused-ring (bicyclic) bond motifs is 1. The summed E-state index contributed by atoms with van der Waals surface area (Å²) < 4.78 is 7.61. The molecule has 1 amide bonds. The second kappa shape index (κ2) is 8.11. The summed E-state index contributed by atoms with van der Waals surface area (Å²) in [5.41, 5.74) is 9.22. The van der Waals surface area contributed by atoms with Crippen LogP contribution in [0, 0.1) is 0 Å². The second-order valence-electron chi connectivity index (χ2n) is 8.27. The van der Waals surface area contributed by atoms with Crippen LogP contribution >= 0.6 is 0 Å². The zero-order chi connectivity index (χ0) is 22.2. The lowest BCUT2D eigenvalue weighted by molar-refractivity contribution is 0.100. The molecule has 0 aliphatic carbocycles. The van der Waals surface area contributed by atoms with Crippen LogP contribution in [-0.2, 0) is 13.0 Å². The Kier molecular flexibility index (Phi) is 5.13. The Morgan fingerprint density at radius 3 is 2.78 bits per heavy atom. The molecule has 1 saturated heterocycles. The molecule has 0 radical (unpaired) electrons. The first kappa shape index (κ1) is 20.2. The van der Waals surface area contributed by atoms with Gasteiger partial charge in [0.2, 0.25) is 5.91 Å². The van der Waals surface area contributed by atoms with Crippen LogP contribution in [0.1, 0.15) is 48.6 Å². The molecule has 8 heteroatoms. The summed E-state index contributed by atoms with van der Waals surface area (Å²) in [6.45, 7) is 5.78. The van der Waals surface area contributed by atoms with Crippen LogP contribution in [0.5, 0.6) is 0 Å². The number of amides is 1. The highest BCUT2D eigenvalue weighted by molar-refractivity contribution is 5.96. The molecule has 5 rings (SSSR count). The van der Waals surface area contributed by atoms with Gasteiger partial charge in [0, 0.05) is 36.3 Å².